The minimum Gasteiger partial charge on any atom is -0.481 e. The maximum Gasteiger partial charge on any atom is 0.434 e. The fourth-order valence-electron chi connectivity index (χ4n) is 5.94. The second-order valence-corrected chi connectivity index (χ2v) is 11.0. The van der Waals surface area contributed by atoms with Gasteiger partial charge in [-0.25, -0.2) is 4.79 Å². The first kappa shape index (κ1) is 29.3. The van der Waals surface area contributed by atoms with Crippen LogP contribution < -0.4 is 4.90 Å². The molecular formula is C26H33F6N3O4. The van der Waals surface area contributed by atoms with Crippen LogP contribution in [0.2, 0.25) is 0 Å². The third-order valence-corrected chi connectivity index (χ3v) is 8.23. The summed E-state index contributed by atoms with van der Waals surface area (Å²) >= 11 is 0. The molecule has 1 aromatic carbocycles. The molecule has 1 aromatic rings. The van der Waals surface area contributed by atoms with Crippen molar-refractivity contribution in [1.29, 1.82) is 0 Å². The van der Waals surface area contributed by atoms with Crippen molar-refractivity contribution in [2.45, 2.75) is 64.0 Å². The van der Waals surface area contributed by atoms with Crippen LogP contribution in [-0.2, 0) is 16.1 Å². The summed E-state index contributed by atoms with van der Waals surface area (Å²) in [5, 5.41) is 9.31. The molecule has 1 amide bonds. The van der Waals surface area contributed by atoms with E-state index in [2.05, 4.69) is 26.7 Å². The molecule has 4 rings (SSSR count). The van der Waals surface area contributed by atoms with Gasteiger partial charge < -0.3 is 19.6 Å². The molecule has 7 nitrogen and oxygen atoms in total. The first-order chi connectivity index (χ1) is 18.2. The molecule has 3 fully saturated rings. The molecule has 3 heterocycles. The van der Waals surface area contributed by atoms with Crippen LogP contribution in [0.3, 0.4) is 0 Å². The number of anilines is 1. The number of carbonyl (C=O) groups excluding carboxylic acids is 1. The van der Waals surface area contributed by atoms with Gasteiger partial charge in [0.2, 0.25) is 0 Å². The zero-order valence-corrected chi connectivity index (χ0v) is 21.7. The number of hydrogen-bond acceptors (Lipinski definition) is 5. The van der Waals surface area contributed by atoms with Gasteiger partial charge in [0, 0.05) is 45.0 Å². The van der Waals surface area contributed by atoms with Gasteiger partial charge in [0.25, 0.3) is 6.10 Å². The molecule has 0 saturated carbocycles. The van der Waals surface area contributed by atoms with Crippen molar-refractivity contribution < 1.29 is 45.8 Å². The smallest absolute Gasteiger partial charge is 0.434 e. The largest absolute Gasteiger partial charge is 0.481 e. The first-order valence-corrected chi connectivity index (χ1v) is 13.1. The first-order valence-electron chi connectivity index (χ1n) is 13.1. The van der Waals surface area contributed by atoms with E-state index in [1.807, 2.05) is 13.0 Å². The molecule has 3 aliphatic heterocycles. The monoisotopic (exact) mass is 565 g/mol. The molecule has 1 spiro atoms. The topological polar surface area (TPSA) is 73.3 Å². The van der Waals surface area contributed by atoms with Crippen LogP contribution in [0.4, 0.5) is 36.8 Å². The molecule has 0 atom stereocenters. The minimum atomic E-state index is -5.74. The van der Waals surface area contributed by atoms with Gasteiger partial charge in [0.05, 0.1) is 5.92 Å². The molecular weight excluding hydrogens is 532 g/mol. The Morgan fingerprint density at radius 1 is 1.00 bits per heavy atom. The Morgan fingerprint density at radius 3 is 2.15 bits per heavy atom. The molecule has 0 aromatic heterocycles. The van der Waals surface area contributed by atoms with Crippen LogP contribution in [0.5, 0.6) is 0 Å². The summed E-state index contributed by atoms with van der Waals surface area (Å²) in [4.78, 5) is 28.9. The zero-order chi connectivity index (χ0) is 28.6. The number of aliphatic carboxylic acids is 1. The Labute approximate surface area is 222 Å². The molecule has 0 radical (unpaired) electrons. The number of nitrogens with zero attached hydrogens (tertiary/aromatic N) is 3. The highest BCUT2D eigenvalue weighted by Crippen LogP contribution is 2.42. The van der Waals surface area contributed by atoms with Gasteiger partial charge in [-0.15, -0.1) is 0 Å². The van der Waals surface area contributed by atoms with Crippen LogP contribution in [0.25, 0.3) is 0 Å². The van der Waals surface area contributed by atoms with Crippen LogP contribution in [-0.4, -0.2) is 84.7 Å². The number of carboxylic acid groups (broad SMARTS) is 1. The summed E-state index contributed by atoms with van der Waals surface area (Å²) in [7, 11) is 0. The Balaban J connectivity index is 1.34. The van der Waals surface area contributed by atoms with Gasteiger partial charge in [-0.05, 0) is 68.2 Å². The highest BCUT2D eigenvalue weighted by molar-refractivity contribution is 5.70. The van der Waals surface area contributed by atoms with E-state index in [1.165, 1.54) is 0 Å². The van der Waals surface area contributed by atoms with Crippen molar-refractivity contribution in [2.75, 3.05) is 44.2 Å². The predicted molar refractivity (Wildman–Crippen MR) is 129 cm³/mol. The van der Waals surface area contributed by atoms with E-state index >= 15 is 0 Å². The molecule has 0 unspecified atom stereocenters. The van der Waals surface area contributed by atoms with Gasteiger partial charge in [-0.2, -0.15) is 26.3 Å². The van der Waals surface area contributed by atoms with Crippen LogP contribution in [0.1, 0.15) is 43.2 Å². The number of rotatable bonds is 5. The summed E-state index contributed by atoms with van der Waals surface area (Å²) in [5.41, 5.74) is 3.14. The van der Waals surface area contributed by atoms with E-state index in [1.54, 1.807) is 0 Å². The van der Waals surface area contributed by atoms with Crippen molar-refractivity contribution >= 4 is 17.7 Å². The number of likely N-dealkylation sites (tertiary alicyclic amines) is 2. The number of alkyl halides is 6. The second-order valence-electron chi connectivity index (χ2n) is 11.0. The normalized spacial score (nSPS) is 21.1. The molecule has 13 heteroatoms. The lowest BCUT2D eigenvalue weighted by Crippen LogP contribution is -2.50. The lowest BCUT2D eigenvalue weighted by Gasteiger charge is -2.39. The third-order valence-electron chi connectivity index (χ3n) is 8.23. The van der Waals surface area contributed by atoms with Crippen LogP contribution in [0, 0.1) is 18.3 Å². The lowest BCUT2D eigenvalue weighted by molar-refractivity contribution is -0.308. The fraction of sp³-hybridized carbons (Fsp3) is 0.692. The molecule has 39 heavy (non-hydrogen) atoms. The third kappa shape index (κ3) is 6.90. The van der Waals surface area contributed by atoms with Gasteiger partial charge in [0.1, 0.15) is 0 Å². The quantitative estimate of drug-likeness (QED) is 0.494. The molecule has 218 valence electrons. The van der Waals surface area contributed by atoms with Gasteiger partial charge in [0.15, 0.2) is 0 Å². The Hall–Kier alpha value is -2.70. The number of halogens is 6. The lowest BCUT2D eigenvalue weighted by atomic mass is 9.78. The van der Waals surface area contributed by atoms with Crippen LogP contribution >= 0.6 is 0 Å². The Kier molecular flexibility index (Phi) is 8.30. The van der Waals surface area contributed by atoms with Crippen molar-refractivity contribution in [3.63, 3.8) is 0 Å². The predicted octanol–water partition coefficient (Wildman–Crippen LogP) is 5.21. The fourth-order valence-corrected chi connectivity index (χ4v) is 5.94. The van der Waals surface area contributed by atoms with Crippen molar-refractivity contribution in [2.24, 2.45) is 11.3 Å². The van der Waals surface area contributed by atoms with Crippen molar-refractivity contribution in [1.82, 2.24) is 9.80 Å². The van der Waals surface area contributed by atoms with Gasteiger partial charge in [-0.3, -0.25) is 9.69 Å². The Bertz CT molecular complexity index is 1030. The molecule has 1 N–H and O–H groups in total. The Morgan fingerprint density at radius 2 is 1.59 bits per heavy atom. The summed E-state index contributed by atoms with van der Waals surface area (Å²) in [6, 6.07) is 6.23. The molecule has 3 saturated heterocycles. The van der Waals surface area contributed by atoms with Gasteiger partial charge >= 0.3 is 24.4 Å². The number of carbonyl (C=O) groups is 2. The number of carboxylic acids is 1. The standard InChI is InChI=1S/C26H33F6N3O4/c1-17-2-3-19(20(14-17)34-9-4-18(5-10-34)21(36)37)15-33-11-6-24(16-33)7-12-35(13-8-24)23(38)39-22(25(27,28)29)26(30,31)32/h2-3,14,18,22H,4-13,15-16H2,1H3,(H,36,37). The number of hydrogen-bond donors (Lipinski definition) is 1. The van der Waals surface area contributed by atoms with Gasteiger partial charge in [-0.1, -0.05) is 12.1 Å². The number of amides is 1. The van der Waals surface area contributed by atoms with E-state index in [4.69, 9.17) is 0 Å². The number of ether oxygens (including phenoxy) is 1. The van der Waals surface area contributed by atoms with E-state index in [9.17, 15) is 41.0 Å². The van der Waals surface area contributed by atoms with E-state index in [0.29, 0.717) is 51.9 Å². The molecule has 3 aliphatic rings. The second kappa shape index (κ2) is 11.1. The zero-order valence-electron chi connectivity index (χ0n) is 21.7. The molecule has 0 bridgehead atoms. The van der Waals surface area contributed by atoms with Crippen molar-refractivity contribution in [3.05, 3.63) is 29.3 Å². The maximum atomic E-state index is 12.8. The van der Waals surface area contributed by atoms with Crippen LogP contribution in [0.15, 0.2) is 18.2 Å². The average molecular weight is 566 g/mol. The van der Waals surface area contributed by atoms with E-state index in [0.717, 1.165) is 34.7 Å². The van der Waals surface area contributed by atoms with E-state index < -0.39 is 30.5 Å². The highest BCUT2D eigenvalue weighted by Gasteiger charge is 2.60. The SMILES string of the molecule is Cc1ccc(CN2CCC3(CCN(C(=O)OC(C(F)(F)F)C(F)(F)F)CC3)C2)c(N2CCC(C(=O)O)CC2)c1. The molecule has 0 aliphatic carbocycles. The number of benzene rings is 1. The maximum absolute atomic E-state index is 12.8. The number of piperidine rings is 2. The van der Waals surface area contributed by atoms with E-state index in [-0.39, 0.29) is 24.4 Å². The summed E-state index contributed by atoms with van der Waals surface area (Å²) in [6.07, 6.45) is -14.3. The highest BCUT2D eigenvalue weighted by atomic mass is 19.4. The number of aryl methyl sites for hydroxylation is 1. The average Bonchev–Trinajstić information content (AvgIpc) is 3.24. The summed E-state index contributed by atoms with van der Waals surface area (Å²) in [5.74, 6) is -1.09. The summed E-state index contributed by atoms with van der Waals surface area (Å²) in [6.45, 7) is 5.54. The minimum absolute atomic E-state index is 0.0312. The van der Waals surface area contributed by atoms with Crippen molar-refractivity contribution in [3.8, 4) is 0 Å². The summed E-state index contributed by atoms with van der Waals surface area (Å²) < 4.78 is 80.5.